The summed E-state index contributed by atoms with van der Waals surface area (Å²) in [6, 6.07) is 8.26. The van der Waals surface area contributed by atoms with E-state index in [0.29, 0.717) is 5.75 Å². The van der Waals surface area contributed by atoms with Crippen LogP contribution in [-0.2, 0) is 0 Å². The van der Waals surface area contributed by atoms with Crippen LogP contribution in [0.25, 0.3) is 0 Å². The van der Waals surface area contributed by atoms with Crippen molar-refractivity contribution in [1.82, 2.24) is 0 Å². The van der Waals surface area contributed by atoms with Crippen molar-refractivity contribution in [3.05, 3.63) is 56.2 Å². The molecule has 0 aromatic heterocycles. The van der Waals surface area contributed by atoms with Gasteiger partial charge in [0.15, 0.2) is 17.4 Å². The SMILES string of the molecule is Cc1cc(Oc2ccc(/C(N)=N/O)c(Br)c2F)ccc1Br. The molecule has 0 aliphatic carbocycles. The van der Waals surface area contributed by atoms with Gasteiger partial charge in [-0.1, -0.05) is 21.1 Å². The number of amidine groups is 1. The van der Waals surface area contributed by atoms with Gasteiger partial charge in [0.1, 0.15) is 5.75 Å². The maximum atomic E-state index is 14.3. The van der Waals surface area contributed by atoms with Crippen molar-refractivity contribution in [2.24, 2.45) is 10.9 Å². The number of benzene rings is 2. The number of hydrogen-bond acceptors (Lipinski definition) is 3. The van der Waals surface area contributed by atoms with Crippen LogP contribution in [0.2, 0.25) is 0 Å². The van der Waals surface area contributed by atoms with Crippen LogP contribution < -0.4 is 10.5 Å². The van der Waals surface area contributed by atoms with Gasteiger partial charge in [0.05, 0.1) is 4.47 Å². The van der Waals surface area contributed by atoms with Crippen LogP contribution in [0.15, 0.2) is 44.4 Å². The van der Waals surface area contributed by atoms with E-state index in [4.69, 9.17) is 15.7 Å². The fourth-order valence-corrected chi connectivity index (χ4v) is 2.45. The van der Waals surface area contributed by atoms with Crippen molar-refractivity contribution < 1.29 is 14.3 Å². The molecule has 0 aliphatic heterocycles. The predicted octanol–water partition coefficient (Wildman–Crippen LogP) is 4.55. The summed E-state index contributed by atoms with van der Waals surface area (Å²) in [5, 5.41) is 11.5. The summed E-state index contributed by atoms with van der Waals surface area (Å²) in [7, 11) is 0. The largest absolute Gasteiger partial charge is 0.454 e. The smallest absolute Gasteiger partial charge is 0.180 e. The molecule has 0 spiro atoms. The van der Waals surface area contributed by atoms with E-state index < -0.39 is 5.82 Å². The highest BCUT2D eigenvalue weighted by Crippen LogP contribution is 2.32. The molecular formula is C14H11Br2FN2O2. The lowest BCUT2D eigenvalue weighted by molar-refractivity contribution is 0.318. The lowest BCUT2D eigenvalue weighted by Gasteiger charge is -2.11. The molecule has 0 radical (unpaired) electrons. The Labute approximate surface area is 137 Å². The third-order valence-electron chi connectivity index (χ3n) is 2.79. The van der Waals surface area contributed by atoms with Crippen molar-refractivity contribution >= 4 is 37.7 Å². The first-order valence-corrected chi connectivity index (χ1v) is 7.42. The molecule has 2 aromatic carbocycles. The number of rotatable bonds is 3. The van der Waals surface area contributed by atoms with Crippen LogP contribution in [0.5, 0.6) is 11.5 Å². The molecule has 0 saturated carbocycles. The van der Waals surface area contributed by atoms with Gasteiger partial charge in [-0.3, -0.25) is 0 Å². The summed E-state index contributed by atoms with van der Waals surface area (Å²) in [4.78, 5) is 0. The van der Waals surface area contributed by atoms with Gasteiger partial charge in [-0.15, -0.1) is 0 Å². The number of ether oxygens (including phenoxy) is 1. The molecule has 0 saturated heterocycles. The van der Waals surface area contributed by atoms with Gasteiger partial charge in [0.2, 0.25) is 0 Å². The molecule has 21 heavy (non-hydrogen) atoms. The number of nitrogens with two attached hydrogens (primary N) is 1. The number of oxime groups is 1. The standard InChI is InChI=1S/C14H11Br2FN2O2/c1-7-6-8(2-4-10(7)15)21-11-5-3-9(14(18)19-20)12(16)13(11)17/h2-6,20H,1H3,(H2,18,19). The fraction of sp³-hybridized carbons (Fsp3) is 0.0714. The molecule has 3 N–H and O–H groups in total. The zero-order valence-electron chi connectivity index (χ0n) is 10.9. The lowest BCUT2D eigenvalue weighted by Crippen LogP contribution is -2.14. The molecule has 0 fully saturated rings. The van der Waals surface area contributed by atoms with E-state index in [-0.39, 0.29) is 21.6 Å². The third kappa shape index (κ3) is 3.36. The molecule has 2 aromatic rings. The van der Waals surface area contributed by atoms with E-state index in [1.165, 1.54) is 12.1 Å². The van der Waals surface area contributed by atoms with Crippen LogP contribution >= 0.6 is 31.9 Å². The second-order valence-electron chi connectivity index (χ2n) is 4.24. The van der Waals surface area contributed by atoms with Crippen LogP contribution in [0.3, 0.4) is 0 Å². The number of aryl methyl sites for hydroxylation is 1. The van der Waals surface area contributed by atoms with Crippen molar-refractivity contribution in [2.45, 2.75) is 6.92 Å². The lowest BCUT2D eigenvalue weighted by atomic mass is 10.2. The van der Waals surface area contributed by atoms with E-state index in [1.807, 2.05) is 13.0 Å². The third-order valence-corrected chi connectivity index (χ3v) is 4.45. The molecule has 0 unspecified atom stereocenters. The minimum Gasteiger partial charge on any atom is -0.454 e. The summed E-state index contributed by atoms with van der Waals surface area (Å²) in [6.07, 6.45) is 0. The normalized spacial score (nSPS) is 11.5. The second-order valence-corrected chi connectivity index (χ2v) is 5.88. The first-order chi connectivity index (χ1) is 9.93. The first kappa shape index (κ1) is 15.8. The van der Waals surface area contributed by atoms with E-state index in [0.717, 1.165) is 10.0 Å². The molecule has 7 heteroatoms. The summed E-state index contributed by atoms with van der Waals surface area (Å²) in [5.74, 6) is -0.261. The maximum absolute atomic E-state index is 14.3. The highest BCUT2D eigenvalue weighted by atomic mass is 79.9. The second kappa shape index (κ2) is 6.44. The predicted molar refractivity (Wildman–Crippen MR) is 85.6 cm³/mol. The van der Waals surface area contributed by atoms with Gasteiger partial charge in [0, 0.05) is 10.0 Å². The van der Waals surface area contributed by atoms with Crippen molar-refractivity contribution in [3.63, 3.8) is 0 Å². The molecular weight excluding hydrogens is 407 g/mol. The highest BCUT2D eigenvalue weighted by Gasteiger charge is 2.15. The Bertz CT molecular complexity index is 720. The molecule has 0 atom stereocenters. The van der Waals surface area contributed by atoms with Crippen molar-refractivity contribution in [1.29, 1.82) is 0 Å². The van der Waals surface area contributed by atoms with Gasteiger partial charge >= 0.3 is 0 Å². The monoisotopic (exact) mass is 416 g/mol. The number of halogens is 3. The number of nitrogens with zero attached hydrogens (tertiary/aromatic N) is 1. The van der Waals surface area contributed by atoms with Gasteiger partial charge in [-0.25, -0.2) is 4.39 Å². The molecule has 2 rings (SSSR count). The van der Waals surface area contributed by atoms with Crippen LogP contribution in [-0.4, -0.2) is 11.0 Å². The quantitative estimate of drug-likeness (QED) is 0.333. The summed E-state index contributed by atoms with van der Waals surface area (Å²) in [6.45, 7) is 1.91. The molecule has 0 heterocycles. The van der Waals surface area contributed by atoms with Crippen LogP contribution in [0.4, 0.5) is 4.39 Å². The average molecular weight is 418 g/mol. The van der Waals surface area contributed by atoms with Crippen molar-refractivity contribution in [2.75, 3.05) is 0 Å². The first-order valence-electron chi connectivity index (χ1n) is 5.84. The fourth-order valence-electron chi connectivity index (χ4n) is 1.67. The molecule has 0 bridgehead atoms. The number of hydrogen-bond donors (Lipinski definition) is 2. The molecule has 0 amide bonds. The Morgan fingerprint density at radius 3 is 2.62 bits per heavy atom. The average Bonchev–Trinajstić information content (AvgIpc) is 2.47. The maximum Gasteiger partial charge on any atom is 0.180 e. The minimum absolute atomic E-state index is 0.0399. The van der Waals surface area contributed by atoms with Gasteiger partial charge in [-0.05, 0) is 58.7 Å². The van der Waals surface area contributed by atoms with E-state index in [9.17, 15) is 4.39 Å². The van der Waals surface area contributed by atoms with E-state index in [2.05, 4.69) is 37.0 Å². The highest BCUT2D eigenvalue weighted by molar-refractivity contribution is 9.10. The topological polar surface area (TPSA) is 67.8 Å². The van der Waals surface area contributed by atoms with E-state index >= 15 is 0 Å². The Hall–Kier alpha value is -1.60. The van der Waals surface area contributed by atoms with Gasteiger partial charge in [0.25, 0.3) is 0 Å². The zero-order valence-corrected chi connectivity index (χ0v) is 14.1. The zero-order chi connectivity index (χ0) is 15.6. The van der Waals surface area contributed by atoms with Crippen LogP contribution in [0.1, 0.15) is 11.1 Å². The van der Waals surface area contributed by atoms with Crippen molar-refractivity contribution in [3.8, 4) is 11.5 Å². The van der Waals surface area contributed by atoms with E-state index in [1.54, 1.807) is 12.1 Å². The molecule has 0 aliphatic rings. The Kier molecular flexibility index (Phi) is 4.84. The van der Waals surface area contributed by atoms with Crippen LogP contribution in [0, 0.1) is 12.7 Å². The summed E-state index contributed by atoms with van der Waals surface area (Å²) in [5.41, 5.74) is 6.68. The summed E-state index contributed by atoms with van der Waals surface area (Å²) < 4.78 is 20.8. The summed E-state index contributed by atoms with van der Waals surface area (Å²) >= 11 is 6.46. The Balaban J connectivity index is 2.37. The van der Waals surface area contributed by atoms with Gasteiger partial charge in [-0.2, -0.15) is 0 Å². The molecule has 4 nitrogen and oxygen atoms in total. The molecule has 110 valence electrons. The minimum atomic E-state index is -0.625. The Morgan fingerprint density at radius 1 is 1.29 bits per heavy atom. The van der Waals surface area contributed by atoms with Gasteiger partial charge < -0.3 is 15.7 Å². The Morgan fingerprint density at radius 2 is 2.00 bits per heavy atom.